The zero-order valence-electron chi connectivity index (χ0n) is 18.5. The van der Waals surface area contributed by atoms with Crippen LogP contribution in [0.1, 0.15) is 55.9 Å². The van der Waals surface area contributed by atoms with Crippen molar-refractivity contribution >= 4 is 17.1 Å². The first-order valence-electron chi connectivity index (χ1n) is 11.0. The Morgan fingerprint density at radius 1 is 1.19 bits per heavy atom. The molecule has 2 fully saturated rings. The van der Waals surface area contributed by atoms with Crippen molar-refractivity contribution < 1.29 is 9.21 Å². The maximum Gasteiger partial charge on any atom is 0.330 e. The number of rotatable bonds is 3. The van der Waals surface area contributed by atoms with Crippen LogP contribution in [0.15, 0.2) is 33.8 Å². The molecule has 0 aromatic carbocycles. The molecule has 1 saturated carbocycles. The van der Waals surface area contributed by atoms with Crippen molar-refractivity contribution in [1.82, 2.24) is 24.0 Å². The topological polar surface area (TPSA) is 86.2 Å². The van der Waals surface area contributed by atoms with Gasteiger partial charge >= 0.3 is 11.6 Å². The van der Waals surface area contributed by atoms with Gasteiger partial charge in [-0.05, 0) is 42.2 Å². The Balaban J connectivity index is 1.35. The number of pyridine rings is 1. The largest absolute Gasteiger partial charge is 0.441 e. The lowest BCUT2D eigenvalue weighted by atomic mass is 9.97. The van der Waals surface area contributed by atoms with Crippen LogP contribution in [-0.4, -0.2) is 43.0 Å². The molecule has 2 aliphatic rings. The van der Waals surface area contributed by atoms with Crippen molar-refractivity contribution in [3.05, 3.63) is 46.7 Å². The van der Waals surface area contributed by atoms with Crippen LogP contribution >= 0.6 is 0 Å². The van der Waals surface area contributed by atoms with Gasteiger partial charge in [-0.25, -0.2) is 14.8 Å². The molecule has 2 atom stereocenters. The summed E-state index contributed by atoms with van der Waals surface area (Å²) in [6.45, 7) is 8.54. The number of aromatic nitrogens is 4. The molecule has 1 aliphatic carbocycles. The van der Waals surface area contributed by atoms with Crippen LogP contribution < -0.4 is 5.69 Å². The molecule has 0 N–H and O–H groups in total. The second-order valence-corrected chi connectivity index (χ2v) is 10.3. The minimum absolute atomic E-state index is 0.00809. The molecule has 0 radical (unpaired) electrons. The monoisotopic (exact) mass is 423 g/mol. The summed E-state index contributed by atoms with van der Waals surface area (Å²) in [5, 5.41) is 0. The molecule has 1 aliphatic heterocycles. The second-order valence-electron chi connectivity index (χ2n) is 10.3. The van der Waals surface area contributed by atoms with Crippen molar-refractivity contribution in [2.45, 2.75) is 46.1 Å². The Bertz CT molecular complexity index is 1170. The van der Waals surface area contributed by atoms with Gasteiger partial charge in [0, 0.05) is 38.3 Å². The SMILES string of the molecule is Cn1c(=O)n(CC(C)(C)C)c2ccc(C3CC4CN(C(=O)c5ncco5)CC4C3)nc21. The Hall–Kier alpha value is -2.90. The normalized spacial score (nSPS) is 23.6. The van der Waals surface area contributed by atoms with Crippen molar-refractivity contribution in [2.75, 3.05) is 13.1 Å². The summed E-state index contributed by atoms with van der Waals surface area (Å²) in [7, 11) is 1.80. The fraction of sp³-hybridized carbons (Fsp3) is 0.565. The van der Waals surface area contributed by atoms with Crippen molar-refractivity contribution in [2.24, 2.45) is 24.3 Å². The molecular formula is C23H29N5O3. The van der Waals surface area contributed by atoms with Gasteiger partial charge < -0.3 is 9.32 Å². The minimum atomic E-state index is -0.120. The summed E-state index contributed by atoms with van der Waals surface area (Å²) >= 11 is 0. The van der Waals surface area contributed by atoms with Gasteiger partial charge in [0.2, 0.25) is 0 Å². The fourth-order valence-electron chi connectivity index (χ4n) is 5.31. The molecule has 0 spiro atoms. The number of amides is 1. The standard InChI is InChI=1S/C23H29N5O3/c1-23(2,3)13-28-18-6-5-17(25-19(18)26(4)22(28)30)14-9-15-11-27(12-16(15)10-14)21(29)20-24-7-8-31-20/h5-8,14-16H,9-13H2,1-4H3. The lowest BCUT2D eigenvalue weighted by Gasteiger charge is -2.19. The number of oxazole rings is 1. The molecule has 164 valence electrons. The molecule has 8 nitrogen and oxygen atoms in total. The molecule has 5 rings (SSSR count). The summed E-state index contributed by atoms with van der Waals surface area (Å²) in [6.07, 6.45) is 4.96. The number of aryl methyl sites for hydroxylation is 1. The van der Waals surface area contributed by atoms with Gasteiger partial charge in [-0.2, -0.15) is 0 Å². The molecule has 2 unspecified atom stereocenters. The summed E-state index contributed by atoms with van der Waals surface area (Å²) in [4.78, 5) is 36.1. The van der Waals surface area contributed by atoms with E-state index in [-0.39, 0.29) is 22.9 Å². The minimum Gasteiger partial charge on any atom is -0.441 e. The van der Waals surface area contributed by atoms with E-state index in [0.717, 1.165) is 42.8 Å². The zero-order valence-corrected chi connectivity index (χ0v) is 18.5. The van der Waals surface area contributed by atoms with Gasteiger partial charge in [-0.15, -0.1) is 0 Å². The lowest BCUT2D eigenvalue weighted by Crippen LogP contribution is -2.30. The quantitative estimate of drug-likeness (QED) is 0.646. The van der Waals surface area contributed by atoms with E-state index in [1.165, 1.54) is 12.5 Å². The summed E-state index contributed by atoms with van der Waals surface area (Å²) in [6, 6.07) is 4.14. The third-order valence-corrected chi connectivity index (χ3v) is 6.71. The van der Waals surface area contributed by atoms with Crippen molar-refractivity contribution in [3.63, 3.8) is 0 Å². The number of imidazole rings is 1. The molecule has 3 aromatic heterocycles. The van der Waals surface area contributed by atoms with Gasteiger partial charge in [0.1, 0.15) is 6.26 Å². The van der Waals surface area contributed by atoms with Gasteiger partial charge in [0.05, 0.1) is 11.7 Å². The molecule has 8 heteroatoms. The first-order valence-corrected chi connectivity index (χ1v) is 11.0. The van der Waals surface area contributed by atoms with E-state index in [4.69, 9.17) is 9.40 Å². The number of hydrogen-bond acceptors (Lipinski definition) is 5. The third kappa shape index (κ3) is 3.47. The van der Waals surface area contributed by atoms with Gasteiger partial charge in [0.25, 0.3) is 5.89 Å². The van der Waals surface area contributed by atoms with E-state index in [0.29, 0.717) is 24.3 Å². The highest BCUT2D eigenvalue weighted by Gasteiger charge is 2.44. The number of hydrogen-bond donors (Lipinski definition) is 0. The number of nitrogens with zero attached hydrogens (tertiary/aromatic N) is 5. The highest BCUT2D eigenvalue weighted by molar-refractivity contribution is 5.89. The number of fused-ring (bicyclic) bond motifs is 2. The van der Waals surface area contributed by atoms with E-state index in [1.54, 1.807) is 11.6 Å². The van der Waals surface area contributed by atoms with Crippen LogP contribution in [0.5, 0.6) is 0 Å². The third-order valence-electron chi connectivity index (χ3n) is 6.71. The highest BCUT2D eigenvalue weighted by Crippen LogP contribution is 2.46. The second kappa shape index (κ2) is 7.07. The Labute approximate surface area is 180 Å². The van der Waals surface area contributed by atoms with Crippen LogP contribution in [-0.2, 0) is 13.6 Å². The van der Waals surface area contributed by atoms with Crippen molar-refractivity contribution in [3.8, 4) is 0 Å². The molecule has 1 amide bonds. The number of carbonyl (C=O) groups excluding carboxylic acids is 1. The first kappa shape index (κ1) is 20.0. The maximum atomic E-state index is 12.8. The average Bonchev–Trinajstić information content (AvgIpc) is 3.48. The molecule has 3 aromatic rings. The van der Waals surface area contributed by atoms with Gasteiger partial charge in [-0.3, -0.25) is 13.9 Å². The summed E-state index contributed by atoms with van der Waals surface area (Å²) < 4.78 is 8.67. The predicted octanol–water partition coefficient (Wildman–Crippen LogP) is 3.03. The molecule has 1 saturated heterocycles. The number of carbonyl (C=O) groups is 1. The lowest BCUT2D eigenvalue weighted by molar-refractivity contribution is 0.0740. The van der Waals surface area contributed by atoms with Crippen LogP contribution in [0.3, 0.4) is 0 Å². The van der Waals surface area contributed by atoms with Crippen LogP contribution in [0.25, 0.3) is 11.2 Å². The Morgan fingerprint density at radius 2 is 1.90 bits per heavy atom. The van der Waals surface area contributed by atoms with Gasteiger partial charge in [0.15, 0.2) is 5.65 Å². The Kier molecular flexibility index (Phi) is 4.57. The molecule has 31 heavy (non-hydrogen) atoms. The van der Waals surface area contributed by atoms with Crippen LogP contribution in [0, 0.1) is 17.3 Å². The summed E-state index contributed by atoms with van der Waals surface area (Å²) in [5.74, 6) is 1.35. The van der Waals surface area contributed by atoms with Gasteiger partial charge in [-0.1, -0.05) is 20.8 Å². The maximum absolute atomic E-state index is 12.8. The van der Waals surface area contributed by atoms with E-state index in [9.17, 15) is 9.59 Å². The number of likely N-dealkylation sites (tertiary alicyclic amines) is 1. The fourth-order valence-corrected chi connectivity index (χ4v) is 5.31. The van der Waals surface area contributed by atoms with E-state index >= 15 is 0 Å². The molecule has 4 heterocycles. The summed E-state index contributed by atoms with van der Waals surface area (Å²) in [5.41, 5.74) is 2.69. The highest BCUT2D eigenvalue weighted by atomic mass is 16.4. The zero-order chi connectivity index (χ0) is 21.9. The average molecular weight is 424 g/mol. The van der Waals surface area contributed by atoms with E-state index in [2.05, 4.69) is 37.9 Å². The molecular weight excluding hydrogens is 394 g/mol. The van der Waals surface area contributed by atoms with E-state index in [1.807, 2.05) is 9.47 Å². The van der Waals surface area contributed by atoms with Crippen LogP contribution in [0.2, 0.25) is 0 Å². The van der Waals surface area contributed by atoms with Crippen LogP contribution in [0.4, 0.5) is 0 Å². The molecule has 0 bridgehead atoms. The van der Waals surface area contributed by atoms with E-state index < -0.39 is 0 Å². The smallest absolute Gasteiger partial charge is 0.330 e. The first-order chi connectivity index (χ1) is 14.7. The van der Waals surface area contributed by atoms with Crippen molar-refractivity contribution in [1.29, 1.82) is 0 Å². The Morgan fingerprint density at radius 3 is 2.52 bits per heavy atom. The predicted molar refractivity (Wildman–Crippen MR) is 116 cm³/mol.